The van der Waals surface area contributed by atoms with Crippen LogP contribution in [0.2, 0.25) is 0 Å². The number of H-pyrrole nitrogens is 1. The third-order valence-electron chi connectivity index (χ3n) is 7.43. The van der Waals surface area contributed by atoms with Crippen molar-refractivity contribution in [2.24, 2.45) is 7.05 Å². The second-order valence-electron chi connectivity index (χ2n) is 10.0. The number of tetrazole rings is 1. The number of hydrogen-bond acceptors (Lipinski definition) is 10. The van der Waals surface area contributed by atoms with Crippen LogP contribution in [-0.4, -0.2) is 86.0 Å². The van der Waals surface area contributed by atoms with Gasteiger partial charge >= 0.3 is 17.7 Å². The molecule has 0 radical (unpaired) electrons. The third kappa shape index (κ3) is 5.02. The van der Waals surface area contributed by atoms with Crippen molar-refractivity contribution in [1.82, 2.24) is 45.3 Å². The Kier molecular flexibility index (Phi) is 7.73. The lowest BCUT2D eigenvalue weighted by atomic mass is 10.00. The summed E-state index contributed by atoms with van der Waals surface area (Å²) in [4.78, 5) is 67.0. The number of rotatable bonds is 8. The number of para-hydroxylation sites is 2. The van der Waals surface area contributed by atoms with Crippen LogP contribution in [0.15, 0.2) is 75.8 Å². The third-order valence-corrected chi connectivity index (χ3v) is 9.77. The average Bonchev–Trinajstić information content (AvgIpc) is 3.63. The van der Waals surface area contributed by atoms with Crippen molar-refractivity contribution in [3.63, 3.8) is 0 Å². The molecule has 226 valence electrons. The number of aromatic amines is 1. The number of hydrogen-bond donors (Lipinski definition) is 4. The lowest BCUT2D eigenvalue weighted by Crippen LogP contribution is -2.71. The van der Waals surface area contributed by atoms with Gasteiger partial charge in [-0.05, 0) is 40.6 Å². The number of nitrogens with one attached hydrogen (secondary N) is 3. The fraction of sp³-hybridized carbons (Fsp3) is 0.259. The van der Waals surface area contributed by atoms with Crippen molar-refractivity contribution in [3.8, 4) is 0 Å². The molecule has 4 N–H and O–H groups in total. The van der Waals surface area contributed by atoms with Gasteiger partial charge in [-0.15, -0.1) is 16.9 Å². The Bertz CT molecular complexity index is 1870. The van der Waals surface area contributed by atoms with Crippen molar-refractivity contribution >= 4 is 58.4 Å². The molecular weight excluding hydrogens is 610 g/mol. The van der Waals surface area contributed by atoms with Crippen LogP contribution in [0.5, 0.6) is 0 Å². The molecule has 3 amide bonds. The highest BCUT2D eigenvalue weighted by Gasteiger charge is 2.55. The number of aromatic nitrogens is 6. The standard InChI is InChI=1S/C27H25N9O6S2/c1-13(44-25-30-32-33-31-25)15-12-43-23-19(22(38)36(23)20(15)24(39)40)28-21(37)18(14-8-4-3-5-9-14)29-26(41)35-17-11-7-6-10-16(17)34(2)27(35)42/h3-11,13,18-19,23H,12H2,1-2H3,(H,28,37)(H,29,41)(H,39,40)(H,30,31,32,33)/t13?,18?,19?,23-/m0/s1. The van der Waals surface area contributed by atoms with Crippen LogP contribution in [0.4, 0.5) is 4.79 Å². The largest absolute Gasteiger partial charge is 0.477 e. The van der Waals surface area contributed by atoms with Gasteiger partial charge in [0.05, 0.1) is 11.0 Å². The molecule has 1 saturated heterocycles. The maximum atomic E-state index is 13.7. The number of aryl methyl sites for hydroxylation is 1. The van der Waals surface area contributed by atoms with Gasteiger partial charge in [-0.3, -0.25) is 19.1 Å². The quantitative estimate of drug-likeness (QED) is 0.160. The van der Waals surface area contributed by atoms with Gasteiger partial charge in [0.1, 0.15) is 23.2 Å². The van der Waals surface area contributed by atoms with Gasteiger partial charge in [-0.1, -0.05) is 54.2 Å². The molecule has 2 aliphatic heterocycles. The minimum atomic E-state index is -1.26. The van der Waals surface area contributed by atoms with Crippen LogP contribution >= 0.6 is 23.5 Å². The number of thioether (sulfide) groups is 2. The Balaban J connectivity index is 1.24. The number of imidazole rings is 1. The number of benzene rings is 2. The van der Waals surface area contributed by atoms with Crippen molar-refractivity contribution in [1.29, 1.82) is 0 Å². The van der Waals surface area contributed by atoms with Gasteiger partial charge in [0.25, 0.3) is 5.91 Å². The normalized spacial score (nSPS) is 19.2. The van der Waals surface area contributed by atoms with E-state index in [1.807, 2.05) is 0 Å². The summed E-state index contributed by atoms with van der Waals surface area (Å²) < 4.78 is 2.28. The number of nitrogens with zero attached hydrogens (tertiary/aromatic N) is 6. The fourth-order valence-electron chi connectivity index (χ4n) is 5.25. The monoisotopic (exact) mass is 635 g/mol. The van der Waals surface area contributed by atoms with Crippen molar-refractivity contribution < 1.29 is 24.3 Å². The number of amides is 3. The Morgan fingerprint density at radius 1 is 1.09 bits per heavy atom. The maximum absolute atomic E-state index is 13.7. The molecule has 1 fully saturated rings. The van der Waals surface area contributed by atoms with Crippen molar-refractivity contribution in [2.75, 3.05) is 5.75 Å². The summed E-state index contributed by atoms with van der Waals surface area (Å²) in [6, 6.07) is 12.1. The molecule has 0 aliphatic carbocycles. The summed E-state index contributed by atoms with van der Waals surface area (Å²) in [7, 11) is 1.54. The second kappa shape index (κ2) is 11.6. The topological polar surface area (TPSA) is 197 Å². The molecule has 0 spiro atoms. The minimum Gasteiger partial charge on any atom is -0.477 e. The molecule has 2 aromatic heterocycles. The SMILES string of the molecule is CC(Sc1nnn[nH]1)C1=C(C(=O)O)N2C(=O)C(NC(=O)C(NC(=O)n3c(=O)n(C)c4ccccc43)c3ccccc3)[C@@H]2SC1. The van der Waals surface area contributed by atoms with Crippen molar-refractivity contribution in [2.45, 2.75) is 34.8 Å². The molecule has 0 bridgehead atoms. The predicted molar refractivity (Wildman–Crippen MR) is 159 cm³/mol. The fourth-order valence-corrected chi connectivity index (χ4v) is 7.68. The molecule has 6 rings (SSSR count). The zero-order valence-corrected chi connectivity index (χ0v) is 24.8. The number of aliphatic carboxylic acids is 1. The Hall–Kier alpha value is -4.90. The number of carboxylic acid groups (broad SMARTS) is 1. The highest BCUT2D eigenvalue weighted by molar-refractivity contribution is 8.01. The van der Waals surface area contributed by atoms with E-state index in [0.29, 0.717) is 33.1 Å². The molecule has 0 saturated carbocycles. The van der Waals surface area contributed by atoms with E-state index in [1.54, 1.807) is 68.6 Å². The van der Waals surface area contributed by atoms with E-state index in [1.165, 1.54) is 33.0 Å². The lowest BCUT2D eigenvalue weighted by Gasteiger charge is -2.50. The Morgan fingerprint density at radius 2 is 1.80 bits per heavy atom. The first-order valence-corrected chi connectivity index (χ1v) is 15.2. The van der Waals surface area contributed by atoms with E-state index in [4.69, 9.17) is 0 Å². The van der Waals surface area contributed by atoms with Crippen LogP contribution in [0.3, 0.4) is 0 Å². The zero-order chi connectivity index (χ0) is 31.1. The van der Waals surface area contributed by atoms with E-state index in [0.717, 1.165) is 4.57 Å². The summed E-state index contributed by atoms with van der Waals surface area (Å²) in [6.07, 6.45) is 0. The number of carbonyl (C=O) groups is 4. The zero-order valence-electron chi connectivity index (χ0n) is 23.2. The maximum Gasteiger partial charge on any atom is 0.352 e. The van der Waals surface area contributed by atoms with Crippen LogP contribution < -0.4 is 16.3 Å². The summed E-state index contributed by atoms with van der Waals surface area (Å²) in [5.74, 6) is -2.25. The van der Waals surface area contributed by atoms with E-state index >= 15 is 0 Å². The van der Waals surface area contributed by atoms with Gasteiger partial charge in [-0.2, -0.15) is 0 Å². The second-order valence-corrected chi connectivity index (χ2v) is 12.4. The van der Waals surface area contributed by atoms with Crippen LogP contribution in [0.25, 0.3) is 11.0 Å². The van der Waals surface area contributed by atoms with Crippen LogP contribution in [-0.2, 0) is 21.4 Å². The van der Waals surface area contributed by atoms with Crippen molar-refractivity contribution in [3.05, 3.63) is 81.9 Å². The molecule has 4 aromatic rings. The number of fused-ring (bicyclic) bond motifs is 2. The summed E-state index contributed by atoms with van der Waals surface area (Å²) in [5.41, 5.74) is 1.12. The molecule has 2 aromatic carbocycles. The summed E-state index contributed by atoms with van der Waals surface area (Å²) >= 11 is 2.55. The molecule has 4 heterocycles. The lowest BCUT2D eigenvalue weighted by molar-refractivity contribution is -0.151. The average molecular weight is 636 g/mol. The van der Waals surface area contributed by atoms with Gasteiger partial charge < -0.3 is 15.7 Å². The molecule has 4 atom stereocenters. The van der Waals surface area contributed by atoms with E-state index in [2.05, 4.69) is 31.3 Å². The first kappa shape index (κ1) is 29.2. The number of carbonyl (C=O) groups excluding carboxylic acids is 3. The first-order valence-electron chi connectivity index (χ1n) is 13.3. The Labute approximate surface area is 257 Å². The molecule has 2 aliphatic rings. The summed E-state index contributed by atoms with van der Waals surface area (Å²) in [6.45, 7) is 1.80. The van der Waals surface area contributed by atoms with Gasteiger partial charge in [0, 0.05) is 18.1 Å². The van der Waals surface area contributed by atoms with E-state index in [-0.39, 0.29) is 10.9 Å². The minimum absolute atomic E-state index is 0.139. The van der Waals surface area contributed by atoms with E-state index in [9.17, 15) is 29.1 Å². The molecule has 3 unspecified atom stereocenters. The molecular formula is C27H25N9O6S2. The van der Waals surface area contributed by atoms with Crippen LogP contribution in [0, 0.1) is 0 Å². The predicted octanol–water partition coefficient (Wildman–Crippen LogP) is 1.07. The van der Waals surface area contributed by atoms with E-state index < -0.39 is 47.0 Å². The molecule has 15 nitrogen and oxygen atoms in total. The smallest absolute Gasteiger partial charge is 0.352 e. The van der Waals surface area contributed by atoms with Gasteiger partial charge in [-0.25, -0.2) is 24.0 Å². The highest BCUT2D eigenvalue weighted by Crippen LogP contribution is 2.43. The first-order chi connectivity index (χ1) is 21.2. The Morgan fingerprint density at radius 3 is 2.48 bits per heavy atom. The molecule has 17 heteroatoms. The highest BCUT2D eigenvalue weighted by atomic mass is 32.2. The van der Waals surface area contributed by atoms with Crippen LogP contribution in [0.1, 0.15) is 18.5 Å². The number of β-lactam (4-membered cyclic amide) rings is 1. The summed E-state index contributed by atoms with van der Waals surface area (Å²) in [5, 5.41) is 28.3. The van der Waals surface area contributed by atoms with Gasteiger partial charge in [0.2, 0.25) is 11.1 Å². The molecule has 44 heavy (non-hydrogen) atoms. The number of carboxylic acids is 1. The van der Waals surface area contributed by atoms with Gasteiger partial charge in [0.15, 0.2) is 0 Å².